The van der Waals surface area contributed by atoms with Crippen LogP contribution in [0.3, 0.4) is 0 Å². The molecule has 0 atom stereocenters. The number of anilines is 2. The largest absolute Gasteiger partial charge is 0.504 e. The number of carbonyl (C=O) groups is 2. The van der Waals surface area contributed by atoms with Gasteiger partial charge in [-0.3, -0.25) is 14.4 Å². The molecule has 0 aliphatic carbocycles. The summed E-state index contributed by atoms with van der Waals surface area (Å²) >= 11 is 6.30. The quantitative estimate of drug-likeness (QED) is 0.260. The van der Waals surface area contributed by atoms with Gasteiger partial charge in [0.1, 0.15) is 18.6 Å². The first-order valence-corrected chi connectivity index (χ1v) is 15.9. The number of hydrogen-bond donors (Lipinski definition) is 2. The van der Waals surface area contributed by atoms with Crippen LogP contribution in [-0.4, -0.2) is 90.3 Å². The van der Waals surface area contributed by atoms with Gasteiger partial charge in [0.05, 0.1) is 41.6 Å². The van der Waals surface area contributed by atoms with Crippen LogP contribution in [0.15, 0.2) is 46.1 Å². The third-order valence-corrected chi connectivity index (χ3v) is 8.97. The van der Waals surface area contributed by atoms with Crippen molar-refractivity contribution < 1.29 is 23.8 Å². The predicted molar refractivity (Wildman–Crippen MR) is 176 cm³/mol. The average Bonchev–Trinajstić information content (AvgIpc) is 3.78. The molecule has 1 fully saturated rings. The monoisotopic (exact) mass is 673 g/mol. The Morgan fingerprint density at radius 2 is 1.94 bits per heavy atom. The molecule has 0 spiro atoms. The number of furan rings is 1. The van der Waals surface area contributed by atoms with E-state index in [0.717, 1.165) is 5.57 Å². The van der Waals surface area contributed by atoms with Gasteiger partial charge in [0, 0.05) is 31.6 Å². The third-order valence-electron chi connectivity index (χ3n) is 8.64. The van der Waals surface area contributed by atoms with Crippen LogP contribution in [0.25, 0.3) is 22.3 Å². The molecule has 7 rings (SSSR count). The smallest absolute Gasteiger partial charge is 0.299 e. The van der Waals surface area contributed by atoms with Crippen molar-refractivity contribution >= 4 is 57.1 Å². The Labute approximate surface area is 278 Å². The van der Waals surface area contributed by atoms with E-state index in [4.69, 9.17) is 25.7 Å². The zero-order chi connectivity index (χ0) is 33.5. The molecule has 2 aliphatic heterocycles. The molecule has 1 saturated heterocycles. The van der Waals surface area contributed by atoms with Crippen LogP contribution in [0.2, 0.25) is 5.02 Å². The zero-order valence-electron chi connectivity index (χ0n) is 26.3. The molecule has 2 N–H and O–H groups in total. The summed E-state index contributed by atoms with van der Waals surface area (Å²) in [4.78, 5) is 57.3. The summed E-state index contributed by atoms with van der Waals surface area (Å²) in [6, 6.07) is 5.09. The number of nitrogens with zero attached hydrogens (tertiary/aromatic N) is 8. The van der Waals surface area contributed by atoms with E-state index in [2.05, 4.69) is 20.4 Å². The fraction of sp³-hybridized carbons (Fsp3) is 0.344. The van der Waals surface area contributed by atoms with Crippen LogP contribution in [-0.2, 0) is 22.5 Å². The Morgan fingerprint density at radius 3 is 2.69 bits per heavy atom. The van der Waals surface area contributed by atoms with Crippen molar-refractivity contribution in [2.45, 2.75) is 33.2 Å². The van der Waals surface area contributed by atoms with Gasteiger partial charge in [-0.25, -0.2) is 9.97 Å². The van der Waals surface area contributed by atoms with E-state index in [1.165, 1.54) is 17.1 Å². The van der Waals surface area contributed by atoms with E-state index in [9.17, 15) is 19.5 Å². The second-order valence-corrected chi connectivity index (χ2v) is 11.9. The number of halogens is 1. The van der Waals surface area contributed by atoms with Crippen molar-refractivity contribution in [1.29, 1.82) is 0 Å². The number of aromatic hydroxyl groups is 1. The maximum Gasteiger partial charge on any atom is 0.299 e. The molecule has 2 aliphatic rings. The van der Waals surface area contributed by atoms with Crippen LogP contribution < -0.4 is 15.8 Å². The van der Waals surface area contributed by atoms with Crippen molar-refractivity contribution in [2.75, 3.05) is 49.6 Å². The van der Waals surface area contributed by atoms with Crippen LogP contribution >= 0.6 is 11.6 Å². The number of carbonyl (C=O) groups excluding carboxylic acids is 2. The van der Waals surface area contributed by atoms with E-state index in [0.29, 0.717) is 83.7 Å². The Bertz CT molecular complexity index is 2160. The molecule has 5 aromatic rings. The highest BCUT2D eigenvalue weighted by molar-refractivity contribution is 6.35. The maximum atomic E-state index is 14.2. The highest BCUT2D eigenvalue weighted by atomic mass is 35.5. The summed E-state index contributed by atoms with van der Waals surface area (Å²) in [6.45, 7) is 5.45. The first-order chi connectivity index (χ1) is 23.2. The lowest BCUT2D eigenvalue weighted by atomic mass is 10.1. The molecule has 15 nitrogen and oxygen atoms in total. The van der Waals surface area contributed by atoms with Crippen LogP contribution in [0.5, 0.6) is 5.75 Å². The normalized spacial score (nSPS) is 15.3. The highest BCUT2D eigenvalue weighted by Crippen LogP contribution is 2.31. The highest BCUT2D eigenvalue weighted by Gasteiger charge is 2.31. The summed E-state index contributed by atoms with van der Waals surface area (Å²) < 4.78 is 14.0. The maximum absolute atomic E-state index is 14.2. The van der Waals surface area contributed by atoms with Gasteiger partial charge < -0.3 is 33.9 Å². The van der Waals surface area contributed by atoms with Gasteiger partial charge in [0.2, 0.25) is 11.7 Å². The van der Waals surface area contributed by atoms with E-state index in [-0.39, 0.29) is 48.3 Å². The molecular weight excluding hydrogens is 642 g/mol. The Hall–Kier alpha value is -5.28. The summed E-state index contributed by atoms with van der Waals surface area (Å²) in [5.41, 5.74) is 2.62. The lowest BCUT2D eigenvalue weighted by Gasteiger charge is -2.36. The predicted octanol–water partition coefficient (Wildman–Crippen LogP) is 3.06. The number of piperazine rings is 1. The number of rotatable bonds is 7. The second-order valence-electron chi connectivity index (χ2n) is 11.5. The number of fused-ring (bicyclic) bond motifs is 2. The standard InChI is InChI=1S/C32H32ClN9O6/c1-3-23-26(39-9-11-40(12-10-39)30(45)25-27(44)18(2)34-17-35-25)31(46)42-32(37-29(38-42)19-6-13-47-14-7-19)41(23)16-24(43)36-22-5-4-21(33)20-8-15-48-28(20)22/h4-6,8,15,17,44H,3,7,9-14,16H2,1-2H3,(H,36,43). The minimum atomic E-state index is -0.420. The van der Waals surface area contributed by atoms with Crippen LogP contribution in [0, 0.1) is 6.92 Å². The lowest BCUT2D eigenvalue weighted by molar-refractivity contribution is -0.116. The Balaban J connectivity index is 1.24. The van der Waals surface area contributed by atoms with Crippen molar-refractivity contribution in [3.63, 3.8) is 0 Å². The number of benzene rings is 1. The van der Waals surface area contributed by atoms with Gasteiger partial charge in [0.25, 0.3) is 11.5 Å². The summed E-state index contributed by atoms with van der Waals surface area (Å²) in [6.07, 6.45) is 5.64. The fourth-order valence-corrected chi connectivity index (χ4v) is 6.37. The van der Waals surface area contributed by atoms with E-state index < -0.39 is 5.91 Å². The van der Waals surface area contributed by atoms with Crippen molar-refractivity contribution in [1.82, 2.24) is 34.0 Å². The number of hydrogen-bond acceptors (Lipinski definition) is 11. The molecule has 2 amide bonds. The second kappa shape index (κ2) is 12.7. The van der Waals surface area contributed by atoms with Crippen molar-refractivity contribution in [2.24, 2.45) is 0 Å². The molecule has 0 unspecified atom stereocenters. The molecule has 0 radical (unpaired) electrons. The lowest BCUT2D eigenvalue weighted by Crippen LogP contribution is -2.51. The van der Waals surface area contributed by atoms with Gasteiger partial charge in [-0.15, -0.1) is 5.10 Å². The van der Waals surface area contributed by atoms with E-state index in [1.54, 1.807) is 34.6 Å². The number of nitrogens with one attached hydrogen (secondary N) is 1. The molecule has 0 saturated carbocycles. The SMILES string of the molecule is CCc1c(N2CCN(C(=O)c3ncnc(C)c3O)CC2)c(=O)n2nc(C3=CCOCC3)nc2n1CC(=O)Nc1ccc(Cl)c2ccoc12. The minimum absolute atomic E-state index is 0.0648. The first-order valence-electron chi connectivity index (χ1n) is 15.5. The molecule has 6 heterocycles. The average molecular weight is 674 g/mol. The number of aryl methyl sites for hydroxylation is 1. The van der Waals surface area contributed by atoms with Crippen molar-refractivity contribution in [3.8, 4) is 5.75 Å². The molecule has 248 valence electrons. The molecule has 48 heavy (non-hydrogen) atoms. The third kappa shape index (κ3) is 5.54. The number of amides is 2. The van der Waals surface area contributed by atoms with Gasteiger partial charge >= 0.3 is 0 Å². The summed E-state index contributed by atoms with van der Waals surface area (Å²) in [7, 11) is 0. The first kappa shape index (κ1) is 31.3. The van der Waals surface area contributed by atoms with Gasteiger partial charge in [-0.2, -0.15) is 9.50 Å². The van der Waals surface area contributed by atoms with E-state index in [1.807, 2.05) is 17.9 Å². The van der Waals surface area contributed by atoms with Gasteiger partial charge in [-0.1, -0.05) is 24.6 Å². The Morgan fingerprint density at radius 1 is 1.12 bits per heavy atom. The van der Waals surface area contributed by atoms with Crippen LogP contribution in [0.4, 0.5) is 11.4 Å². The number of ether oxygens (including phenoxy) is 1. The van der Waals surface area contributed by atoms with Gasteiger partial charge in [0.15, 0.2) is 22.9 Å². The molecule has 1 aromatic carbocycles. The molecule has 0 bridgehead atoms. The minimum Gasteiger partial charge on any atom is -0.504 e. The topological polar surface area (TPSA) is 173 Å². The Kier molecular flexibility index (Phi) is 8.31. The molecular formula is C32H32ClN9O6. The molecule has 4 aromatic heterocycles. The van der Waals surface area contributed by atoms with Crippen LogP contribution in [0.1, 0.15) is 41.0 Å². The summed E-state index contributed by atoms with van der Waals surface area (Å²) in [5, 5.41) is 19.1. The van der Waals surface area contributed by atoms with E-state index >= 15 is 0 Å². The fourth-order valence-electron chi connectivity index (χ4n) is 6.16. The zero-order valence-corrected chi connectivity index (χ0v) is 27.0. The molecule has 16 heteroatoms. The van der Waals surface area contributed by atoms with Crippen molar-refractivity contribution in [3.05, 3.63) is 75.1 Å². The van der Waals surface area contributed by atoms with Gasteiger partial charge in [-0.05, 0) is 43.5 Å². The number of aromatic nitrogens is 6. The summed E-state index contributed by atoms with van der Waals surface area (Å²) in [5.74, 6) is -0.407.